The van der Waals surface area contributed by atoms with Gasteiger partial charge in [-0.05, 0) is 6.42 Å². The number of carbonyl (C=O) groups is 1. The maximum absolute atomic E-state index is 10.8. The zero-order valence-corrected chi connectivity index (χ0v) is 11.8. The molecule has 0 aliphatic heterocycles. The number of aliphatic imine (C=N–C) groups is 1. The van der Waals surface area contributed by atoms with Crippen LogP contribution < -0.4 is 10.6 Å². The van der Waals surface area contributed by atoms with Crippen molar-refractivity contribution in [3.63, 3.8) is 0 Å². The van der Waals surface area contributed by atoms with Crippen molar-refractivity contribution in [2.24, 2.45) is 4.99 Å². The summed E-state index contributed by atoms with van der Waals surface area (Å²) in [6, 6.07) is 0. The molecule has 2 N–H and O–H groups in total. The Labute approximate surface area is 108 Å². The van der Waals surface area contributed by atoms with Crippen LogP contribution in [0.25, 0.3) is 0 Å². The van der Waals surface area contributed by atoms with Gasteiger partial charge in [-0.1, -0.05) is 6.92 Å². The SMILES string of the molecule is CCCNC(=NC)NCCC(=O)OC.I. The average molecular weight is 329 g/mol. The first-order valence-corrected chi connectivity index (χ1v) is 4.76. The normalized spacial score (nSPS) is 10.2. The number of nitrogens with one attached hydrogen (secondary N) is 2. The van der Waals surface area contributed by atoms with Crippen LogP contribution in [0.3, 0.4) is 0 Å². The van der Waals surface area contributed by atoms with Crippen LogP contribution in [0, 0.1) is 0 Å². The first-order valence-electron chi connectivity index (χ1n) is 4.76. The fourth-order valence-corrected chi connectivity index (χ4v) is 0.849. The molecule has 5 nitrogen and oxygen atoms in total. The Balaban J connectivity index is 0. The fraction of sp³-hybridized carbons (Fsp3) is 0.778. The Morgan fingerprint density at radius 2 is 1.93 bits per heavy atom. The topological polar surface area (TPSA) is 62.7 Å². The van der Waals surface area contributed by atoms with Crippen molar-refractivity contribution in [1.82, 2.24) is 10.6 Å². The number of nitrogens with zero attached hydrogens (tertiary/aromatic N) is 1. The predicted molar refractivity (Wildman–Crippen MR) is 71.7 cm³/mol. The van der Waals surface area contributed by atoms with Gasteiger partial charge in [0.25, 0.3) is 0 Å². The molecule has 0 radical (unpaired) electrons. The molecule has 0 bridgehead atoms. The van der Waals surface area contributed by atoms with Crippen LogP contribution in [0.4, 0.5) is 0 Å². The summed E-state index contributed by atoms with van der Waals surface area (Å²) in [6.45, 7) is 3.49. The van der Waals surface area contributed by atoms with Crippen molar-refractivity contribution < 1.29 is 9.53 Å². The van der Waals surface area contributed by atoms with Gasteiger partial charge < -0.3 is 15.4 Å². The number of hydrogen-bond acceptors (Lipinski definition) is 3. The quantitative estimate of drug-likeness (QED) is 0.338. The van der Waals surface area contributed by atoms with Gasteiger partial charge >= 0.3 is 5.97 Å². The molecule has 0 unspecified atom stereocenters. The van der Waals surface area contributed by atoms with Crippen molar-refractivity contribution in [2.75, 3.05) is 27.2 Å². The Kier molecular flexibility index (Phi) is 13.0. The highest BCUT2D eigenvalue weighted by atomic mass is 127. The van der Waals surface area contributed by atoms with Gasteiger partial charge in [0.1, 0.15) is 0 Å². The molecule has 0 aromatic rings. The van der Waals surface area contributed by atoms with E-state index in [9.17, 15) is 4.79 Å². The van der Waals surface area contributed by atoms with Gasteiger partial charge in [-0.2, -0.15) is 0 Å². The molecule has 0 fully saturated rings. The summed E-state index contributed by atoms with van der Waals surface area (Å²) in [4.78, 5) is 14.8. The summed E-state index contributed by atoms with van der Waals surface area (Å²) in [6.07, 6.45) is 1.39. The Morgan fingerprint density at radius 1 is 1.33 bits per heavy atom. The van der Waals surface area contributed by atoms with E-state index in [0.717, 1.165) is 18.9 Å². The number of guanidine groups is 1. The van der Waals surface area contributed by atoms with Crippen LogP contribution in [-0.4, -0.2) is 39.2 Å². The second-order valence-electron chi connectivity index (χ2n) is 2.75. The van der Waals surface area contributed by atoms with Crippen molar-refractivity contribution in [1.29, 1.82) is 0 Å². The lowest BCUT2D eigenvalue weighted by Crippen LogP contribution is -2.38. The van der Waals surface area contributed by atoms with Gasteiger partial charge in [0, 0.05) is 20.1 Å². The summed E-state index contributed by atoms with van der Waals surface area (Å²) in [5, 5.41) is 6.11. The average Bonchev–Trinajstić information content (AvgIpc) is 2.22. The third-order valence-corrected chi connectivity index (χ3v) is 1.62. The molecule has 0 heterocycles. The van der Waals surface area contributed by atoms with Crippen LogP contribution in [0.15, 0.2) is 4.99 Å². The smallest absolute Gasteiger partial charge is 0.307 e. The molecular weight excluding hydrogens is 309 g/mol. The van der Waals surface area contributed by atoms with Gasteiger partial charge in [-0.15, -0.1) is 24.0 Å². The van der Waals surface area contributed by atoms with Gasteiger partial charge in [0.2, 0.25) is 0 Å². The van der Waals surface area contributed by atoms with E-state index in [1.807, 2.05) is 0 Å². The number of rotatable bonds is 5. The number of esters is 1. The molecule has 0 saturated carbocycles. The summed E-state index contributed by atoms with van der Waals surface area (Å²) < 4.78 is 4.51. The third kappa shape index (κ3) is 9.77. The molecule has 0 amide bonds. The molecule has 0 atom stereocenters. The molecule has 0 aromatic carbocycles. The predicted octanol–water partition coefficient (Wildman–Crippen LogP) is 0.743. The lowest BCUT2D eigenvalue weighted by Gasteiger charge is -2.09. The maximum atomic E-state index is 10.8. The second-order valence-corrected chi connectivity index (χ2v) is 2.75. The van der Waals surface area contributed by atoms with Crippen LogP contribution in [-0.2, 0) is 9.53 Å². The summed E-state index contributed by atoms with van der Waals surface area (Å²) >= 11 is 0. The highest BCUT2D eigenvalue weighted by Gasteiger charge is 2.00. The van der Waals surface area contributed by atoms with E-state index >= 15 is 0 Å². The molecule has 0 saturated heterocycles. The van der Waals surface area contributed by atoms with Crippen LogP contribution in [0.1, 0.15) is 19.8 Å². The number of carbonyl (C=O) groups excluding carboxylic acids is 1. The zero-order valence-electron chi connectivity index (χ0n) is 9.50. The van der Waals surface area contributed by atoms with Gasteiger partial charge in [-0.25, -0.2) is 0 Å². The number of ether oxygens (including phenoxy) is 1. The molecule has 0 spiro atoms. The van der Waals surface area contributed by atoms with E-state index in [-0.39, 0.29) is 29.9 Å². The molecule has 0 aliphatic carbocycles. The lowest BCUT2D eigenvalue weighted by atomic mass is 10.4. The van der Waals surface area contributed by atoms with E-state index in [4.69, 9.17) is 0 Å². The van der Waals surface area contributed by atoms with E-state index in [1.54, 1.807) is 7.05 Å². The molecule has 0 aliphatic rings. The summed E-state index contributed by atoms with van der Waals surface area (Å²) in [5.74, 6) is 0.499. The van der Waals surface area contributed by atoms with E-state index in [1.165, 1.54) is 7.11 Å². The summed E-state index contributed by atoms with van der Waals surface area (Å²) in [7, 11) is 3.08. The maximum Gasteiger partial charge on any atom is 0.307 e. The van der Waals surface area contributed by atoms with E-state index < -0.39 is 0 Å². The van der Waals surface area contributed by atoms with Crippen molar-refractivity contribution in [3.05, 3.63) is 0 Å². The molecule has 0 aromatic heterocycles. The van der Waals surface area contributed by atoms with Gasteiger partial charge in [-0.3, -0.25) is 9.79 Å². The largest absolute Gasteiger partial charge is 0.469 e. The lowest BCUT2D eigenvalue weighted by molar-refractivity contribution is -0.140. The third-order valence-electron chi connectivity index (χ3n) is 1.62. The van der Waals surface area contributed by atoms with Crippen LogP contribution in [0.5, 0.6) is 0 Å². The second kappa shape index (κ2) is 11.5. The Bertz CT molecular complexity index is 198. The minimum absolute atomic E-state index is 0. The molecule has 15 heavy (non-hydrogen) atoms. The van der Waals surface area contributed by atoms with E-state index in [0.29, 0.717) is 13.0 Å². The fourth-order valence-electron chi connectivity index (χ4n) is 0.849. The number of methoxy groups -OCH3 is 1. The summed E-state index contributed by atoms with van der Waals surface area (Å²) in [5.41, 5.74) is 0. The van der Waals surface area contributed by atoms with E-state index in [2.05, 4.69) is 27.3 Å². The van der Waals surface area contributed by atoms with Crippen molar-refractivity contribution in [2.45, 2.75) is 19.8 Å². The number of hydrogen-bond donors (Lipinski definition) is 2. The standard InChI is InChI=1S/C9H19N3O2.HI/c1-4-6-11-9(10-2)12-7-5-8(13)14-3;/h4-7H2,1-3H3,(H2,10,11,12);1H. The Morgan fingerprint density at radius 3 is 2.40 bits per heavy atom. The number of halogens is 1. The van der Waals surface area contributed by atoms with Gasteiger partial charge in [0.15, 0.2) is 5.96 Å². The minimum Gasteiger partial charge on any atom is -0.469 e. The first kappa shape index (κ1) is 16.9. The van der Waals surface area contributed by atoms with Crippen LogP contribution in [0.2, 0.25) is 0 Å². The molecule has 0 rings (SSSR count). The highest BCUT2D eigenvalue weighted by molar-refractivity contribution is 14.0. The first-order chi connectivity index (χ1) is 6.74. The Hall–Kier alpha value is -0.530. The monoisotopic (exact) mass is 329 g/mol. The van der Waals surface area contributed by atoms with Gasteiger partial charge in [0.05, 0.1) is 13.5 Å². The minimum atomic E-state index is -0.219. The molecular formula is C9H20IN3O2. The highest BCUT2D eigenvalue weighted by Crippen LogP contribution is 1.81. The molecule has 6 heteroatoms. The van der Waals surface area contributed by atoms with Crippen LogP contribution >= 0.6 is 24.0 Å². The van der Waals surface area contributed by atoms with Crippen molar-refractivity contribution >= 4 is 35.9 Å². The van der Waals surface area contributed by atoms with Crippen molar-refractivity contribution in [3.8, 4) is 0 Å². The molecule has 90 valence electrons. The zero-order chi connectivity index (χ0) is 10.8.